The smallest absolute Gasteiger partial charge is 0.276 e. The number of nitrogens with one attached hydrogen (secondary N) is 1. The highest BCUT2D eigenvalue weighted by molar-refractivity contribution is 9.10. The van der Waals surface area contributed by atoms with Gasteiger partial charge in [-0.25, -0.2) is 0 Å². The summed E-state index contributed by atoms with van der Waals surface area (Å²) in [5.41, 5.74) is 0.810. The lowest BCUT2D eigenvalue weighted by atomic mass is 9.84. The van der Waals surface area contributed by atoms with E-state index >= 15 is 0 Å². The standard InChI is InChI=1S/C12H16BrNO2S/c1-12(2,7-14-11(15)17)9-6-8(13)4-5-10(9)16-3/h4-6H,7H2,1-3H3,(H2,14,15,17). The summed E-state index contributed by atoms with van der Waals surface area (Å²) in [6.07, 6.45) is 0. The first kappa shape index (κ1) is 14.4. The minimum absolute atomic E-state index is 0.229. The molecule has 0 aromatic heterocycles. The van der Waals surface area contributed by atoms with E-state index in [1.165, 1.54) is 0 Å². The van der Waals surface area contributed by atoms with Crippen molar-refractivity contribution in [1.29, 1.82) is 0 Å². The van der Waals surface area contributed by atoms with Crippen LogP contribution < -0.4 is 10.1 Å². The number of benzene rings is 1. The van der Waals surface area contributed by atoms with Gasteiger partial charge in [-0.3, -0.25) is 4.79 Å². The second-order valence-electron chi connectivity index (χ2n) is 4.39. The minimum atomic E-state index is -0.327. The van der Waals surface area contributed by atoms with E-state index in [1.54, 1.807) is 7.11 Å². The molecule has 1 aromatic carbocycles. The highest BCUT2D eigenvalue weighted by Gasteiger charge is 2.25. The van der Waals surface area contributed by atoms with Gasteiger partial charge in [-0.2, -0.15) is 0 Å². The van der Waals surface area contributed by atoms with Crippen molar-refractivity contribution >= 4 is 33.8 Å². The van der Waals surface area contributed by atoms with Gasteiger partial charge in [0.25, 0.3) is 5.24 Å². The summed E-state index contributed by atoms with van der Waals surface area (Å²) in [6, 6.07) is 5.84. The molecule has 94 valence electrons. The maximum atomic E-state index is 10.9. The van der Waals surface area contributed by atoms with E-state index in [0.29, 0.717) is 6.54 Å². The fraction of sp³-hybridized carbons (Fsp3) is 0.417. The van der Waals surface area contributed by atoms with Gasteiger partial charge in [-0.1, -0.05) is 42.4 Å². The third kappa shape index (κ3) is 3.92. The monoisotopic (exact) mass is 317 g/mol. The molecule has 0 saturated carbocycles. The maximum absolute atomic E-state index is 10.9. The Bertz CT molecular complexity index is 421. The first-order valence-corrected chi connectivity index (χ1v) is 6.41. The lowest BCUT2D eigenvalue weighted by Crippen LogP contribution is -2.34. The van der Waals surface area contributed by atoms with Crippen LogP contribution in [-0.2, 0) is 5.41 Å². The summed E-state index contributed by atoms with van der Waals surface area (Å²) in [4.78, 5) is 10.9. The molecule has 0 fully saturated rings. The van der Waals surface area contributed by atoms with Crippen molar-refractivity contribution in [2.24, 2.45) is 0 Å². The largest absolute Gasteiger partial charge is 0.496 e. The maximum Gasteiger partial charge on any atom is 0.276 e. The molecule has 0 radical (unpaired) electrons. The molecule has 0 aliphatic rings. The number of carbonyl (C=O) groups excluding carboxylic acids is 1. The predicted octanol–water partition coefficient (Wildman–Crippen LogP) is 3.37. The van der Waals surface area contributed by atoms with Crippen molar-refractivity contribution in [3.63, 3.8) is 0 Å². The average molecular weight is 318 g/mol. The van der Waals surface area contributed by atoms with Crippen LogP contribution in [0.1, 0.15) is 19.4 Å². The van der Waals surface area contributed by atoms with Crippen LogP contribution in [0.25, 0.3) is 0 Å². The lowest BCUT2D eigenvalue weighted by molar-refractivity contribution is 0.258. The number of carbonyl (C=O) groups is 1. The topological polar surface area (TPSA) is 38.3 Å². The molecule has 0 aliphatic heterocycles. The van der Waals surface area contributed by atoms with Crippen molar-refractivity contribution in [3.8, 4) is 5.75 Å². The van der Waals surface area contributed by atoms with Crippen LogP contribution in [0.15, 0.2) is 22.7 Å². The summed E-state index contributed by atoms with van der Waals surface area (Å²) >= 11 is 7.14. The Morgan fingerprint density at radius 1 is 1.53 bits per heavy atom. The first-order chi connectivity index (χ1) is 7.86. The second kappa shape index (κ2) is 5.78. The molecule has 0 unspecified atom stereocenters. The minimum Gasteiger partial charge on any atom is -0.496 e. The van der Waals surface area contributed by atoms with Crippen LogP contribution in [0.4, 0.5) is 4.79 Å². The zero-order valence-corrected chi connectivity index (χ0v) is 12.6. The summed E-state index contributed by atoms with van der Waals surface area (Å²) in [6.45, 7) is 4.59. The van der Waals surface area contributed by atoms with Crippen molar-refractivity contribution in [3.05, 3.63) is 28.2 Å². The van der Waals surface area contributed by atoms with E-state index in [-0.39, 0.29) is 10.7 Å². The molecule has 0 spiro atoms. The summed E-state index contributed by atoms with van der Waals surface area (Å²) < 4.78 is 6.33. The number of thiol groups is 1. The predicted molar refractivity (Wildman–Crippen MR) is 76.1 cm³/mol. The number of amides is 1. The molecular formula is C12H16BrNO2S. The van der Waals surface area contributed by atoms with Crippen LogP contribution in [-0.4, -0.2) is 18.9 Å². The van der Waals surface area contributed by atoms with Gasteiger partial charge in [-0.15, -0.1) is 0 Å². The fourth-order valence-corrected chi connectivity index (χ4v) is 2.04. The van der Waals surface area contributed by atoms with Gasteiger partial charge in [0.1, 0.15) is 5.75 Å². The van der Waals surface area contributed by atoms with Crippen LogP contribution in [0.3, 0.4) is 0 Å². The lowest BCUT2D eigenvalue weighted by Gasteiger charge is -2.27. The third-order valence-corrected chi connectivity index (χ3v) is 3.22. The highest BCUT2D eigenvalue weighted by Crippen LogP contribution is 2.33. The number of halogens is 1. The molecule has 5 heteroatoms. The van der Waals surface area contributed by atoms with E-state index < -0.39 is 0 Å². The van der Waals surface area contributed by atoms with Crippen molar-refractivity contribution in [2.45, 2.75) is 19.3 Å². The highest BCUT2D eigenvalue weighted by atomic mass is 79.9. The molecule has 1 N–H and O–H groups in total. The Morgan fingerprint density at radius 2 is 2.18 bits per heavy atom. The second-order valence-corrected chi connectivity index (χ2v) is 5.71. The van der Waals surface area contributed by atoms with Gasteiger partial charge in [0.15, 0.2) is 0 Å². The zero-order chi connectivity index (χ0) is 13.1. The fourth-order valence-electron chi connectivity index (χ4n) is 1.60. The molecule has 0 heterocycles. The van der Waals surface area contributed by atoms with Gasteiger partial charge < -0.3 is 10.1 Å². The summed E-state index contributed by atoms with van der Waals surface area (Å²) in [5, 5.41) is 2.38. The Labute approximate surface area is 115 Å². The van der Waals surface area contributed by atoms with Gasteiger partial charge in [-0.05, 0) is 18.2 Å². The number of methoxy groups -OCH3 is 1. The molecule has 3 nitrogen and oxygen atoms in total. The number of hydrogen-bond donors (Lipinski definition) is 2. The van der Waals surface area contributed by atoms with Crippen LogP contribution in [0, 0.1) is 0 Å². The Hall–Kier alpha value is -0.680. The van der Waals surface area contributed by atoms with Crippen molar-refractivity contribution in [1.82, 2.24) is 5.32 Å². The Kier molecular flexibility index (Phi) is 4.89. The van der Waals surface area contributed by atoms with Crippen molar-refractivity contribution < 1.29 is 9.53 Å². The molecule has 1 amide bonds. The third-order valence-electron chi connectivity index (χ3n) is 2.57. The van der Waals surface area contributed by atoms with E-state index in [1.807, 2.05) is 32.0 Å². The summed E-state index contributed by atoms with van der Waals surface area (Å²) in [7, 11) is 1.64. The molecule has 1 aromatic rings. The molecule has 0 atom stereocenters. The van der Waals surface area contributed by atoms with Gasteiger partial charge >= 0.3 is 0 Å². The van der Waals surface area contributed by atoms with Gasteiger partial charge in [0.2, 0.25) is 0 Å². The van der Waals surface area contributed by atoms with Gasteiger partial charge in [0.05, 0.1) is 7.11 Å². The van der Waals surface area contributed by atoms with E-state index in [9.17, 15) is 4.79 Å². The number of ether oxygens (including phenoxy) is 1. The van der Waals surface area contributed by atoms with E-state index in [4.69, 9.17) is 4.74 Å². The summed E-state index contributed by atoms with van der Waals surface area (Å²) in [5.74, 6) is 0.812. The molecular weight excluding hydrogens is 302 g/mol. The van der Waals surface area contributed by atoms with Gasteiger partial charge in [0, 0.05) is 22.0 Å². The van der Waals surface area contributed by atoms with E-state index in [0.717, 1.165) is 15.8 Å². The number of rotatable bonds is 4. The average Bonchev–Trinajstić information content (AvgIpc) is 2.26. The molecule has 1 rings (SSSR count). The molecule has 0 aliphatic carbocycles. The molecule has 0 bridgehead atoms. The zero-order valence-electron chi connectivity index (χ0n) is 10.1. The Balaban J connectivity index is 3.03. The Morgan fingerprint density at radius 3 is 2.71 bits per heavy atom. The molecule has 0 saturated heterocycles. The van der Waals surface area contributed by atoms with Crippen LogP contribution in [0.2, 0.25) is 0 Å². The quantitative estimate of drug-likeness (QED) is 0.835. The SMILES string of the molecule is COc1ccc(Br)cc1C(C)(C)CNC(=O)S. The van der Waals surface area contributed by atoms with E-state index in [2.05, 4.69) is 33.9 Å². The molecule has 17 heavy (non-hydrogen) atoms. The normalized spacial score (nSPS) is 11.1. The first-order valence-electron chi connectivity index (χ1n) is 5.17. The van der Waals surface area contributed by atoms with Crippen molar-refractivity contribution in [2.75, 3.05) is 13.7 Å². The van der Waals surface area contributed by atoms with Crippen LogP contribution in [0.5, 0.6) is 5.75 Å². The number of hydrogen-bond acceptors (Lipinski definition) is 2. The van der Waals surface area contributed by atoms with Crippen LogP contribution >= 0.6 is 28.6 Å².